The van der Waals surface area contributed by atoms with Gasteiger partial charge in [-0.25, -0.2) is 4.79 Å². The third kappa shape index (κ3) is 3.23. The normalized spacial score (nSPS) is 11.9. The van der Waals surface area contributed by atoms with Crippen molar-refractivity contribution in [2.45, 2.75) is 13.0 Å². The number of hydrogen-bond acceptors (Lipinski definition) is 4. The van der Waals surface area contributed by atoms with Crippen molar-refractivity contribution < 1.29 is 13.7 Å². The summed E-state index contributed by atoms with van der Waals surface area (Å²) < 4.78 is 9.91. The first kappa shape index (κ1) is 11.4. The maximum Gasteiger partial charge on any atom is 0.521 e. The van der Waals surface area contributed by atoms with E-state index in [0.29, 0.717) is 0 Å². The lowest BCUT2D eigenvalue weighted by Gasteiger charge is -2.11. The molecule has 0 saturated heterocycles. The van der Waals surface area contributed by atoms with Gasteiger partial charge in [-0.3, -0.25) is 0 Å². The van der Waals surface area contributed by atoms with Crippen molar-refractivity contribution in [1.82, 2.24) is 0 Å². The van der Waals surface area contributed by atoms with Gasteiger partial charge in [0, 0.05) is 17.4 Å². The highest BCUT2D eigenvalue weighted by atomic mass is 79.9. The van der Waals surface area contributed by atoms with Gasteiger partial charge in [0.25, 0.3) is 0 Å². The molecule has 0 amide bonds. The van der Waals surface area contributed by atoms with Gasteiger partial charge in [0.2, 0.25) is 0 Å². The van der Waals surface area contributed by atoms with E-state index in [2.05, 4.69) is 33.0 Å². The quantitative estimate of drug-likeness (QED) is 0.510. The SMILES string of the molecule is CC(OC(=O)OS)c1cccc(Br)c1. The summed E-state index contributed by atoms with van der Waals surface area (Å²) in [5, 5.41) is 0. The van der Waals surface area contributed by atoms with E-state index in [-0.39, 0.29) is 6.10 Å². The Balaban J connectivity index is 2.69. The molecule has 1 aromatic carbocycles. The summed E-state index contributed by atoms with van der Waals surface area (Å²) in [5.41, 5.74) is 0.887. The predicted molar refractivity (Wildman–Crippen MR) is 59.1 cm³/mol. The standard InChI is InChI=1S/C9H9BrO3S/c1-6(12-9(11)13-14)7-3-2-4-8(10)5-7/h2-6,14H,1H3. The van der Waals surface area contributed by atoms with E-state index in [1.54, 1.807) is 6.92 Å². The Morgan fingerprint density at radius 3 is 2.86 bits per heavy atom. The Kier molecular flexibility index (Phi) is 4.28. The van der Waals surface area contributed by atoms with Crippen molar-refractivity contribution in [1.29, 1.82) is 0 Å². The van der Waals surface area contributed by atoms with Crippen LogP contribution < -0.4 is 0 Å². The number of rotatable bonds is 2. The van der Waals surface area contributed by atoms with E-state index >= 15 is 0 Å². The molecule has 0 heterocycles. The third-order valence-electron chi connectivity index (χ3n) is 1.67. The molecule has 5 heteroatoms. The van der Waals surface area contributed by atoms with Crippen LogP contribution in [0.1, 0.15) is 18.6 Å². The fourth-order valence-corrected chi connectivity index (χ4v) is 1.45. The van der Waals surface area contributed by atoms with Gasteiger partial charge in [-0.15, -0.1) is 0 Å². The largest absolute Gasteiger partial charge is 0.521 e. The first-order valence-corrected chi connectivity index (χ1v) is 5.07. The van der Waals surface area contributed by atoms with Crippen molar-refractivity contribution in [2.24, 2.45) is 0 Å². The van der Waals surface area contributed by atoms with Crippen molar-refractivity contribution in [2.75, 3.05) is 0 Å². The Labute approximate surface area is 96.1 Å². The average molecular weight is 277 g/mol. The fourth-order valence-electron chi connectivity index (χ4n) is 0.993. The minimum absolute atomic E-state index is 0.354. The molecule has 1 atom stereocenters. The molecule has 0 bridgehead atoms. The Hall–Kier alpha value is -0.680. The highest BCUT2D eigenvalue weighted by molar-refractivity contribution is 9.10. The molecule has 0 fully saturated rings. The van der Waals surface area contributed by atoms with Crippen molar-refractivity contribution in [3.8, 4) is 0 Å². The summed E-state index contributed by atoms with van der Waals surface area (Å²) >= 11 is 6.67. The first-order chi connectivity index (χ1) is 6.63. The van der Waals surface area contributed by atoms with Crippen LogP contribution in [0.4, 0.5) is 4.79 Å². The molecule has 1 unspecified atom stereocenters. The van der Waals surface area contributed by atoms with Crippen LogP contribution in [0.25, 0.3) is 0 Å². The molecule has 0 radical (unpaired) electrons. The number of benzene rings is 1. The van der Waals surface area contributed by atoms with Crippen LogP contribution in [-0.4, -0.2) is 6.16 Å². The predicted octanol–water partition coefficient (Wildman–Crippen LogP) is 3.51. The topological polar surface area (TPSA) is 35.5 Å². The minimum Gasteiger partial charge on any atom is -0.426 e. The molecule has 0 spiro atoms. The summed E-state index contributed by atoms with van der Waals surface area (Å²) in [6.07, 6.45) is -1.16. The van der Waals surface area contributed by atoms with Gasteiger partial charge >= 0.3 is 6.16 Å². The molecular formula is C9H9BrO3S. The van der Waals surface area contributed by atoms with E-state index in [4.69, 9.17) is 4.74 Å². The van der Waals surface area contributed by atoms with Gasteiger partial charge in [0.05, 0.1) is 0 Å². The van der Waals surface area contributed by atoms with Crippen molar-refractivity contribution >= 4 is 35.0 Å². The number of hydrogen-bond donors (Lipinski definition) is 1. The molecule has 3 nitrogen and oxygen atoms in total. The second-order valence-electron chi connectivity index (χ2n) is 2.66. The zero-order valence-electron chi connectivity index (χ0n) is 7.44. The van der Waals surface area contributed by atoms with E-state index in [1.807, 2.05) is 24.3 Å². The third-order valence-corrected chi connectivity index (χ3v) is 2.31. The summed E-state index contributed by atoms with van der Waals surface area (Å²) in [6.45, 7) is 1.76. The smallest absolute Gasteiger partial charge is 0.426 e. The van der Waals surface area contributed by atoms with Crippen molar-refractivity contribution in [3.05, 3.63) is 34.3 Å². The molecule has 0 aromatic heterocycles. The zero-order valence-corrected chi connectivity index (χ0v) is 9.92. The zero-order chi connectivity index (χ0) is 10.6. The second kappa shape index (κ2) is 5.26. The Morgan fingerprint density at radius 2 is 2.29 bits per heavy atom. The number of halogens is 1. The molecule has 0 aliphatic carbocycles. The molecule has 1 rings (SSSR count). The van der Waals surface area contributed by atoms with E-state index < -0.39 is 6.16 Å². The van der Waals surface area contributed by atoms with Crippen molar-refractivity contribution in [3.63, 3.8) is 0 Å². The van der Waals surface area contributed by atoms with Gasteiger partial charge < -0.3 is 8.92 Å². The number of carbonyl (C=O) groups excluding carboxylic acids is 1. The van der Waals surface area contributed by atoms with Gasteiger partial charge in [-0.05, 0) is 24.6 Å². The minimum atomic E-state index is -0.805. The molecule has 0 saturated carbocycles. The van der Waals surface area contributed by atoms with Crippen LogP contribution in [0, 0.1) is 0 Å². The first-order valence-electron chi connectivity index (χ1n) is 3.91. The van der Waals surface area contributed by atoms with Crippen LogP contribution in [0.2, 0.25) is 0 Å². The molecule has 0 aliphatic rings. The van der Waals surface area contributed by atoms with E-state index in [0.717, 1.165) is 10.0 Å². The molecular weight excluding hydrogens is 268 g/mol. The summed E-state index contributed by atoms with van der Waals surface area (Å²) in [5.74, 6) is 0. The number of ether oxygens (including phenoxy) is 1. The molecule has 1 aromatic rings. The maximum atomic E-state index is 10.7. The summed E-state index contributed by atoms with van der Waals surface area (Å²) in [4.78, 5) is 10.7. The van der Waals surface area contributed by atoms with Crippen LogP contribution >= 0.6 is 28.8 Å². The van der Waals surface area contributed by atoms with E-state index in [9.17, 15) is 4.79 Å². The Bertz CT molecular complexity index is 330. The Morgan fingerprint density at radius 1 is 1.57 bits per heavy atom. The molecule has 0 aliphatic heterocycles. The summed E-state index contributed by atoms with van der Waals surface area (Å²) in [6, 6.07) is 7.50. The lowest BCUT2D eigenvalue weighted by Crippen LogP contribution is -2.06. The highest BCUT2D eigenvalue weighted by Crippen LogP contribution is 2.21. The van der Waals surface area contributed by atoms with Crippen LogP contribution in [0.3, 0.4) is 0 Å². The molecule has 0 N–H and O–H groups in total. The maximum absolute atomic E-state index is 10.7. The molecule has 14 heavy (non-hydrogen) atoms. The lowest BCUT2D eigenvalue weighted by atomic mass is 10.1. The van der Waals surface area contributed by atoms with Gasteiger partial charge in [0.15, 0.2) is 0 Å². The monoisotopic (exact) mass is 276 g/mol. The fraction of sp³-hybridized carbons (Fsp3) is 0.222. The number of thiol groups is 1. The van der Waals surface area contributed by atoms with Gasteiger partial charge in [-0.1, -0.05) is 28.1 Å². The highest BCUT2D eigenvalue weighted by Gasteiger charge is 2.11. The second-order valence-corrected chi connectivity index (χ2v) is 3.75. The summed E-state index contributed by atoms with van der Waals surface area (Å²) in [7, 11) is 0. The molecule has 76 valence electrons. The number of carbonyl (C=O) groups is 1. The van der Waals surface area contributed by atoms with Crippen LogP contribution in [-0.2, 0) is 8.92 Å². The van der Waals surface area contributed by atoms with E-state index in [1.165, 1.54) is 0 Å². The average Bonchev–Trinajstić information content (AvgIpc) is 2.17. The van der Waals surface area contributed by atoms with Gasteiger partial charge in [0.1, 0.15) is 6.10 Å². The van der Waals surface area contributed by atoms with Gasteiger partial charge in [-0.2, -0.15) is 0 Å². The lowest BCUT2D eigenvalue weighted by molar-refractivity contribution is 0.0722. The van der Waals surface area contributed by atoms with Crippen LogP contribution in [0.5, 0.6) is 0 Å². The van der Waals surface area contributed by atoms with Crippen LogP contribution in [0.15, 0.2) is 28.7 Å².